The Balaban J connectivity index is 2.04. The number of hydrogen-bond acceptors (Lipinski definition) is 4. The van der Waals surface area contributed by atoms with E-state index < -0.39 is 10.0 Å². The van der Waals surface area contributed by atoms with Gasteiger partial charge in [-0.25, -0.2) is 13.1 Å². The van der Waals surface area contributed by atoms with Crippen molar-refractivity contribution in [2.24, 2.45) is 0 Å². The van der Waals surface area contributed by atoms with Crippen molar-refractivity contribution in [3.8, 4) is 5.75 Å². The highest BCUT2D eigenvalue weighted by Crippen LogP contribution is 2.15. The maximum absolute atomic E-state index is 12.4. The Labute approximate surface area is 144 Å². The molecule has 2 rings (SSSR count). The third kappa shape index (κ3) is 5.06. The summed E-state index contributed by atoms with van der Waals surface area (Å²) in [5.74, 6) is 0.629. The summed E-state index contributed by atoms with van der Waals surface area (Å²) < 4.78 is 32.6. The van der Waals surface area contributed by atoms with E-state index in [-0.39, 0.29) is 10.9 Å². The Morgan fingerprint density at radius 2 is 1.67 bits per heavy atom. The molecule has 0 amide bonds. The van der Waals surface area contributed by atoms with Gasteiger partial charge in [0.05, 0.1) is 12.0 Å². The summed E-state index contributed by atoms with van der Waals surface area (Å²) >= 11 is 0. The lowest BCUT2D eigenvalue weighted by Crippen LogP contribution is -2.41. The van der Waals surface area contributed by atoms with Crippen molar-refractivity contribution in [3.05, 3.63) is 60.2 Å². The SMILES string of the molecule is COc1ccc(S(=O)(=O)NCC(Cc2ccccc2)N(C)C)cc1. The maximum Gasteiger partial charge on any atom is 0.240 e. The second-order valence-electron chi connectivity index (χ2n) is 5.83. The van der Waals surface area contributed by atoms with Crippen LogP contribution in [0.3, 0.4) is 0 Å². The van der Waals surface area contributed by atoms with Gasteiger partial charge in [-0.05, 0) is 50.3 Å². The molecule has 0 aliphatic rings. The van der Waals surface area contributed by atoms with Gasteiger partial charge in [-0.1, -0.05) is 30.3 Å². The highest BCUT2D eigenvalue weighted by molar-refractivity contribution is 7.89. The number of nitrogens with one attached hydrogen (secondary N) is 1. The summed E-state index contributed by atoms with van der Waals surface area (Å²) in [6, 6.07) is 16.5. The smallest absolute Gasteiger partial charge is 0.240 e. The normalized spacial score (nSPS) is 13.0. The van der Waals surface area contributed by atoms with Crippen molar-refractivity contribution < 1.29 is 13.2 Å². The van der Waals surface area contributed by atoms with Gasteiger partial charge in [0, 0.05) is 12.6 Å². The molecule has 0 fully saturated rings. The van der Waals surface area contributed by atoms with Crippen LogP contribution >= 0.6 is 0 Å². The van der Waals surface area contributed by atoms with Gasteiger partial charge in [0.15, 0.2) is 0 Å². The number of rotatable bonds is 8. The van der Waals surface area contributed by atoms with E-state index in [1.807, 2.05) is 37.2 Å². The van der Waals surface area contributed by atoms with Crippen LogP contribution in [-0.4, -0.2) is 47.1 Å². The third-order valence-corrected chi connectivity index (χ3v) is 5.36. The Morgan fingerprint density at radius 1 is 1.04 bits per heavy atom. The Hall–Kier alpha value is -1.89. The van der Waals surface area contributed by atoms with Crippen LogP contribution in [0.1, 0.15) is 5.56 Å². The molecular weight excluding hydrogens is 324 g/mol. The first-order valence-electron chi connectivity index (χ1n) is 7.76. The molecule has 1 unspecified atom stereocenters. The first kappa shape index (κ1) is 18.4. The molecule has 5 nitrogen and oxygen atoms in total. The molecule has 0 saturated carbocycles. The fraction of sp³-hybridized carbons (Fsp3) is 0.333. The Kier molecular flexibility index (Phi) is 6.36. The molecule has 0 aliphatic carbocycles. The van der Waals surface area contributed by atoms with E-state index in [0.717, 1.165) is 6.42 Å². The van der Waals surface area contributed by atoms with Gasteiger partial charge in [-0.3, -0.25) is 0 Å². The van der Waals surface area contributed by atoms with E-state index >= 15 is 0 Å². The van der Waals surface area contributed by atoms with Crippen LogP contribution in [0, 0.1) is 0 Å². The molecule has 0 radical (unpaired) electrons. The zero-order chi connectivity index (χ0) is 17.6. The largest absolute Gasteiger partial charge is 0.497 e. The van der Waals surface area contributed by atoms with Crippen molar-refractivity contribution in [3.63, 3.8) is 0 Å². The lowest BCUT2D eigenvalue weighted by Gasteiger charge is -2.24. The number of sulfonamides is 1. The molecule has 0 saturated heterocycles. The third-order valence-electron chi connectivity index (χ3n) is 3.92. The van der Waals surface area contributed by atoms with Crippen LogP contribution in [0.25, 0.3) is 0 Å². The summed E-state index contributed by atoms with van der Waals surface area (Å²) in [4.78, 5) is 2.27. The average molecular weight is 348 g/mol. The number of likely N-dealkylation sites (N-methyl/N-ethyl adjacent to an activating group) is 1. The Bertz CT molecular complexity index is 729. The topological polar surface area (TPSA) is 58.6 Å². The monoisotopic (exact) mass is 348 g/mol. The van der Waals surface area contributed by atoms with Crippen molar-refractivity contribution in [2.75, 3.05) is 27.7 Å². The number of methoxy groups -OCH3 is 1. The second-order valence-corrected chi connectivity index (χ2v) is 7.60. The van der Waals surface area contributed by atoms with Gasteiger partial charge >= 0.3 is 0 Å². The summed E-state index contributed by atoms with van der Waals surface area (Å²) in [6.07, 6.45) is 0.777. The van der Waals surface area contributed by atoms with Crippen LogP contribution in [0.4, 0.5) is 0 Å². The van der Waals surface area contributed by atoms with E-state index in [4.69, 9.17) is 4.74 Å². The number of nitrogens with zero attached hydrogens (tertiary/aromatic N) is 1. The quantitative estimate of drug-likeness (QED) is 0.794. The van der Waals surface area contributed by atoms with E-state index in [1.165, 1.54) is 5.56 Å². The molecule has 6 heteroatoms. The molecule has 0 aliphatic heterocycles. The van der Waals surface area contributed by atoms with Crippen LogP contribution in [0.5, 0.6) is 5.75 Å². The highest BCUT2D eigenvalue weighted by atomic mass is 32.2. The van der Waals surface area contributed by atoms with Crippen LogP contribution in [0.15, 0.2) is 59.5 Å². The summed E-state index contributed by atoms with van der Waals surface area (Å²) in [6.45, 7) is 0.344. The minimum absolute atomic E-state index is 0.0698. The standard InChI is InChI=1S/C18H24N2O3S/c1-20(2)16(13-15-7-5-4-6-8-15)14-19-24(21,22)18-11-9-17(23-3)10-12-18/h4-12,16,19H,13-14H2,1-3H3. The molecule has 0 spiro atoms. The molecule has 0 aromatic heterocycles. The summed E-state index contributed by atoms with van der Waals surface area (Å²) in [5, 5.41) is 0. The fourth-order valence-electron chi connectivity index (χ4n) is 2.37. The predicted octanol–water partition coefficient (Wildman–Crippen LogP) is 2.15. The molecule has 0 bridgehead atoms. The first-order chi connectivity index (χ1) is 11.4. The molecule has 2 aromatic rings. The van der Waals surface area contributed by atoms with E-state index in [1.54, 1.807) is 31.4 Å². The first-order valence-corrected chi connectivity index (χ1v) is 9.25. The molecule has 2 aromatic carbocycles. The summed E-state index contributed by atoms with van der Waals surface area (Å²) in [5.41, 5.74) is 1.18. The van der Waals surface area contributed by atoms with E-state index in [2.05, 4.69) is 16.9 Å². The molecule has 130 valence electrons. The summed E-state index contributed by atoms with van der Waals surface area (Å²) in [7, 11) is 1.92. The molecule has 24 heavy (non-hydrogen) atoms. The van der Waals surface area contributed by atoms with Crippen molar-refractivity contribution in [1.29, 1.82) is 0 Å². The zero-order valence-electron chi connectivity index (χ0n) is 14.3. The van der Waals surface area contributed by atoms with Gasteiger partial charge in [0.25, 0.3) is 0 Å². The second kappa shape index (κ2) is 8.28. The van der Waals surface area contributed by atoms with E-state index in [0.29, 0.717) is 12.3 Å². The van der Waals surface area contributed by atoms with Crippen molar-refractivity contribution >= 4 is 10.0 Å². The van der Waals surface area contributed by atoms with Crippen molar-refractivity contribution in [1.82, 2.24) is 9.62 Å². The zero-order valence-corrected chi connectivity index (χ0v) is 15.1. The minimum atomic E-state index is -3.54. The average Bonchev–Trinajstić information content (AvgIpc) is 2.59. The van der Waals surface area contributed by atoms with Gasteiger partial charge in [-0.15, -0.1) is 0 Å². The lowest BCUT2D eigenvalue weighted by atomic mass is 10.1. The van der Waals surface area contributed by atoms with Gasteiger partial charge in [0.1, 0.15) is 5.75 Å². The Morgan fingerprint density at radius 3 is 2.21 bits per heavy atom. The maximum atomic E-state index is 12.4. The van der Waals surface area contributed by atoms with Crippen LogP contribution in [-0.2, 0) is 16.4 Å². The highest BCUT2D eigenvalue weighted by Gasteiger charge is 2.18. The van der Waals surface area contributed by atoms with Crippen molar-refractivity contribution in [2.45, 2.75) is 17.4 Å². The number of benzene rings is 2. The van der Waals surface area contributed by atoms with Gasteiger partial charge < -0.3 is 9.64 Å². The van der Waals surface area contributed by atoms with Crippen LogP contribution < -0.4 is 9.46 Å². The molecule has 1 atom stereocenters. The van der Waals surface area contributed by atoms with Crippen LogP contribution in [0.2, 0.25) is 0 Å². The van der Waals surface area contributed by atoms with Gasteiger partial charge in [-0.2, -0.15) is 0 Å². The molecular formula is C18H24N2O3S. The lowest BCUT2D eigenvalue weighted by molar-refractivity contribution is 0.291. The molecule has 1 N–H and O–H groups in total. The number of hydrogen-bond donors (Lipinski definition) is 1. The predicted molar refractivity (Wildman–Crippen MR) is 95.8 cm³/mol. The fourth-order valence-corrected chi connectivity index (χ4v) is 3.44. The minimum Gasteiger partial charge on any atom is -0.497 e. The van der Waals surface area contributed by atoms with Gasteiger partial charge in [0.2, 0.25) is 10.0 Å². The molecule has 0 heterocycles. The number of ether oxygens (including phenoxy) is 1. The van der Waals surface area contributed by atoms with E-state index in [9.17, 15) is 8.42 Å².